The Bertz CT molecular complexity index is 541. The Labute approximate surface area is 136 Å². The molecule has 1 aliphatic carbocycles. The summed E-state index contributed by atoms with van der Waals surface area (Å²) in [5.74, 6) is -1.18. The number of benzene rings is 1. The number of ether oxygens (including phenoxy) is 1. The lowest BCUT2D eigenvalue weighted by atomic mass is 9.93. The van der Waals surface area contributed by atoms with E-state index in [9.17, 15) is 14.0 Å². The number of hydrogen-bond acceptors (Lipinski definition) is 3. The molecule has 4 nitrogen and oxygen atoms in total. The Morgan fingerprint density at radius 2 is 1.91 bits per heavy atom. The third kappa shape index (κ3) is 4.78. The molecule has 1 aromatic carbocycles. The second-order valence-electron chi connectivity index (χ2n) is 5.83. The van der Waals surface area contributed by atoms with Crippen molar-refractivity contribution in [1.29, 1.82) is 0 Å². The molecular weight excluding hydrogens is 297 g/mol. The molecule has 1 saturated carbocycles. The van der Waals surface area contributed by atoms with Crippen LogP contribution in [0.15, 0.2) is 24.3 Å². The fraction of sp³-hybridized carbons (Fsp3) is 0.556. The summed E-state index contributed by atoms with van der Waals surface area (Å²) in [6.07, 6.45) is 5.24. The van der Waals surface area contributed by atoms with E-state index in [1.54, 1.807) is 24.0 Å². The van der Waals surface area contributed by atoms with Gasteiger partial charge in [0, 0.05) is 12.6 Å². The smallest absolute Gasteiger partial charge is 0.307 e. The van der Waals surface area contributed by atoms with Gasteiger partial charge in [0.1, 0.15) is 5.82 Å². The van der Waals surface area contributed by atoms with Crippen LogP contribution in [0.25, 0.3) is 0 Å². The van der Waals surface area contributed by atoms with Crippen molar-refractivity contribution in [2.75, 3.05) is 13.2 Å². The Kier molecular flexibility index (Phi) is 6.56. The molecule has 0 atom stereocenters. The van der Waals surface area contributed by atoms with Gasteiger partial charge in [-0.2, -0.15) is 0 Å². The minimum Gasteiger partial charge on any atom is -0.466 e. The molecule has 2 rings (SSSR count). The number of hydrogen-bond donors (Lipinski definition) is 0. The molecule has 1 fully saturated rings. The topological polar surface area (TPSA) is 46.6 Å². The average molecular weight is 321 g/mol. The maximum atomic E-state index is 13.9. The Morgan fingerprint density at radius 1 is 1.22 bits per heavy atom. The molecule has 1 amide bonds. The SMILES string of the molecule is CCOC(=O)CCN(C(=O)c1ccccc1F)C1CCCCC1. The van der Waals surface area contributed by atoms with Crippen molar-refractivity contribution >= 4 is 11.9 Å². The fourth-order valence-electron chi connectivity index (χ4n) is 3.08. The Balaban J connectivity index is 2.13. The van der Waals surface area contributed by atoms with Gasteiger partial charge < -0.3 is 9.64 Å². The molecule has 0 unspecified atom stereocenters. The van der Waals surface area contributed by atoms with Gasteiger partial charge in [-0.05, 0) is 31.9 Å². The summed E-state index contributed by atoms with van der Waals surface area (Å²) in [6.45, 7) is 2.35. The largest absolute Gasteiger partial charge is 0.466 e. The van der Waals surface area contributed by atoms with E-state index in [4.69, 9.17) is 4.74 Å². The van der Waals surface area contributed by atoms with Crippen LogP contribution in [0.3, 0.4) is 0 Å². The predicted octanol–water partition coefficient (Wildman–Crippen LogP) is 3.55. The van der Waals surface area contributed by atoms with Crippen LogP contribution in [0.2, 0.25) is 0 Å². The van der Waals surface area contributed by atoms with Gasteiger partial charge in [0.15, 0.2) is 0 Å². The molecule has 23 heavy (non-hydrogen) atoms. The molecule has 0 aromatic heterocycles. The summed E-state index contributed by atoms with van der Waals surface area (Å²) < 4.78 is 18.9. The lowest BCUT2D eigenvalue weighted by Gasteiger charge is -2.34. The van der Waals surface area contributed by atoms with Crippen LogP contribution in [-0.2, 0) is 9.53 Å². The first-order valence-corrected chi connectivity index (χ1v) is 8.34. The van der Waals surface area contributed by atoms with E-state index in [0.29, 0.717) is 6.61 Å². The maximum Gasteiger partial charge on any atom is 0.307 e. The van der Waals surface area contributed by atoms with Crippen LogP contribution in [0, 0.1) is 5.82 Å². The maximum absolute atomic E-state index is 13.9. The standard InChI is InChI=1S/C18H24FNO3/c1-2-23-17(21)12-13-20(14-8-4-3-5-9-14)18(22)15-10-6-7-11-16(15)19/h6-7,10-11,14H,2-5,8-9,12-13H2,1H3. The number of rotatable bonds is 6. The van der Waals surface area contributed by atoms with Crippen LogP contribution in [0.5, 0.6) is 0 Å². The number of nitrogens with zero attached hydrogens (tertiary/aromatic N) is 1. The van der Waals surface area contributed by atoms with Crippen molar-refractivity contribution in [3.05, 3.63) is 35.6 Å². The molecule has 126 valence electrons. The highest BCUT2D eigenvalue weighted by atomic mass is 19.1. The zero-order valence-corrected chi connectivity index (χ0v) is 13.6. The van der Waals surface area contributed by atoms with Crippen molar-refractivity contribution in [1.82, 2.24) is 4.90 Å². The van der Waals surface area contributed by atoms with Crippen molar-refractivity contribution in [2.45, 2.75) is 51.5 Å². The lowest BCUT2D eigenvalue weighted by molar-refractivity contribution is -0.143. The molecule has 0 aliphatic heterocycles. The second kappa shape index (κ2) is 8.65. The van der Waals surface area contributed by atoms with Gasteiger partial charge in [-0.25, -0.2) is 4.39 Å². The van der Waals surface area contributed by atoms with E-state index >= 15 is 0 Å². The highest BCUT2D eigenvalue weighted by Gasteiger charge is 2.28. The molecular formula is C18H24FNO3. The number of halogens is 1. The first-order valence-electron chi connectivity index (χ1n) is 8.34. The molecule has 0 bridgehead atoms. The normalized spacial score (nSPS) is 15.2. The van der Waals surface area contributed by atoms with Crippen molar-refractivity contribution in [3.8, 4) is 0 Å². The Hall–Kier alpha value is -1.91. The van der Waals surface area contributed by atoms with Crippen molar-refractivity contribution < 1.29 is 18.7 Å². The predicted molar refractivity (Wildman–Crippen MR) is 85.6 cm³/mol. The number of carbonyl (C=O) groups excluding carboxylic acids is 2. The van der Waals surface area contributed by atoms with Crippen LogP contribution in [0.4, 0.5) is 4.39 Å². The number of esters is 1. The molecule has 0 spiro atoms. The third-order valence-electron chi connectivity index (χ3n) is 4.24. The van der Waals surface area contributed by atoms with Crippen LogP contribution >= 0.6 is 0 Å². The Morgan fingerprint density at radius 3 is 2.57 bits per heavy atom. The lowest BCUT2D eigenvalue weighted by Crippen LogP contribution is -2.43. The second-order valence-corrected chi connectivity index (χ2v) is 5.83. The zero-order chi connectivity index (χ0) is 16.7. The van der Waals surface area contributed by atoms with E-state index in [2.05, 4.69) is 0 Å². The van der Waals surface area contributed by atoms with Crippen molar-refractivity contribution in [3.63, 3.8) is 0 Å². The van der Waals surface area contributed by atoms with E-state index < -0.39 is 5.82 Å². The summed E-state index contributed by atoms with van der Waals surface area (Å²) in [5.41, 5.74) is 0.0712. The average Bonchev–Trinajstić information content (AvgIpc) is 2.56. The van der Waals surface area contributed by atoms with Crippen LogP contribution in [0.1, 0.15) is 55.8 Å². The first-order chi connectivity index (χ1) is 11.1. The molecule has 5 heteroatoms. The van der Waals surface area contributed by atoms with Gasteiger partial charge in [0.05, 0.1) is 18.6 Å². The van der Waals surface area contributed by atoms with Crippen molar-refractivity contribution in [2.24, 2.45) is 0 Å². The molecule has 0 heterocycles. The van der Waals surface area contributed by atoms with Gasteiger partial charge in [-0.1, -0.05) is 31.4 Å². The van der Waals surface area contributed by atoms with E-state index in [-0.39, 0.29) is 36.4 Å². The summed E-state index contributed by atoms with van der Waals surface area (Å²) in [4.78, 5) is 26.1. The summed E-state index contributed by atoms with van der Waals surface area (Å²) in [6, 6.07) is 6.08. The summed E-state index contributed by atoms with van der Waals surface area (Å²) in [5, 5.41) is 0. The van der Waals surface area contributed by atoms with Gasteiger partial charge in [-0.3, -0.25) is 9.59 Å². The fourth-order valence-corrected chi connectivity index (χ4v) is 3.08. The highest BCUT2D eigenvalue weighted by Crippen LogP contribution is 2.25. The minimum absolute atomic E-state index is 0.0712. The first kappa shape index (κ1) is 17.4. The van der Waals surface area contributed by atoms with Crippen LogP contribution in [-0.4, -0.2) is 36.0 Å². The molecule has 1 aliphatic rings. The monoisotopic (exact) mass is 321 g/mol. The van der Waals surface area contributed by atoms with E-state index in [0.717, 1.165) is 32.1 Å². The molecule has 0 radical (unpaired) electrons. The van der Waals surface area contributed by atoms with Gasteiger partial charge in [0.25, 0.3) is 5.91 Å². The zero-order valence-electron chi connectivity index (χ0n) is 13.6. The summed E-state index contributed by atoms with van der Waals surface area (Å²) in [7, 11) is 0. The van der Waals surface area contributed by atoms with Gasteiger partial charge in [-0.15, -0.1) is 0 Å². The summed E-state index contributed by atoms with van der Waals surface area (Å²) >= 11 is 0. The quantitative estimate of drug-likeness (QED) is 0.753. The highest BCUT2D eigenvalue weighted by molar-refractivity contribution is 5.94. The van der Waals surface area contributed by atoms with Gasteiger partial charge >= 0.3 is 5.97 Å². The molecule has 1 aromatic rings. The molecule has 0 saturated heterocycles. The van der Waals surface area contributed by atoms with E-state index in [1.165, 1.54) is 12.1 Å². The third-order valence-corrected chi connectivity index (χ3v) is 4.24. The minimum atomic E-state index is -0.519. The van der Waals surface area contributed by atoms with Crippen LogP contribution < -0.4 is 0 Å². The number of carbonyl (C=O) groups is 2. The molecule has 0 N–H and O–H groups in total. The van der Waals surface area contributed by atoms with E-state index in [1.807, 2.05) is 0 Å². The number of amides is 1. The van der Waals surface area contributed by atoms with Gasteiger partial charge in [0.2, 0.25) is 0 Å².